The number of halogens is 1. The number of benzene rings is 2. The van der Waals surface area contributed by atoms with E-state index in [0.717, 1.165) is 41.2 Å². The molecule has 1 atom stereocenters. The number of hydrogen-bond donors (Lipinski definition) is 1. The predicted molar refractivity (Wildman–Crippen MR) is 124 cm³/mol. The fraction of sp³-hybridized carbons (Fsp3) is 0.250. The summed E-state index contributed by atoms with van der Waals surface area (Å²) >= 11 is 6.50. The Kier molecular flexibility index (Phi) is 6.70. The number of nitrogens with zero attached hydrogens (tertiary/aromatic N) is 4. The molecule has 0 aliphatic rings. The highest BCUT2D eigenvalue weighted by Gasteiger charge is 2.15. The zero-order chi connectivity index (χ0) is 21.6. The number of ether oxygens (including phenoxy) is 1. The Morgan fingerprint density at radius 1 is 1.10 bits per heavy atom. The molecule has 0 amide bonds. The third-order valence-corrected chi connectivity index (χ3v) is 5.58. The maximum Gasteiger partial charge on any atom is 0.119 e. The van der Waals surface area contributed by atoms with Crippen LogP contribution in [0.15, 0.2) is 73.2 Å². The van der Waals surface area contributed by atoms with E-state index in [2.05, 4.69) is 23.5 Å². The predicted octanol–water partition coefficient (Wildman–Crippen LogP) is 4.97. The van der Waals surface area contributed by atoms with Crippen molar-refractivity contribution >= 4 is 11.6 Å². The van der Waals surface area contributed by atoms with Gasteiger partial charge in [0.1, 0.15) is 5.75 Å². The summed E-state index contributed by atoms with van der Waals surface area (Å²) in [5.74, 6) is 0.815. The monoisotopic (exact) mass is 435 g/mol. The third kappa shape index (κ3) is 5.16. The minimum absolute atomic E-state index is 0.327. The molecule has 0 aliphatic carbocycles. The maximum atomic E-state index is 6.50. The van der Waals surface area contributed by atoms with Crippen LogP contribution in [0, 0.1) is 0 Å². The molecule has 2 heterocycles. The fourth-order valence-corrected chi connectivity index (χ4v) is 3.66. The van der Waals surface area contributed by atoms with Crippen LogP contribution >= 0.6 is 11.6 Å². The first-order chi connectivity index (χ1) is 15.1. The van der Waals surface area contributed by atoms with E-state index in [0.29, 0.717) is 17.6 Å². The summed E-state index contributed by atoms with van der Waals surface area (Å²) < 4.78 is 9.12. The topological polar surface area (TPSA) is 56.9 Å². The summed E-state index contributed by atoms with van der Waals surface area (Å²) in [6.45, 7) is 3.76. The van der Waals surface area contributed by atoms with Gasteiger partial charge in [-0.05, 0) is 49.7 Å². The summed E-state index contributed by atoms with van der Waals surface area (Å²) in [7, 11) is 1.66. The second kappa shape index (κ2) is 9.81. The molecule has 4 aromatic rings. The molecule has 1 unspecified atom stereocenters. The van der Waals surface area contributed by atoms with E-state index in [1.165, 1.54) is 0 Å². The van der Waals surface area contributed by atoms with Crippen molar-refractivity contribution in [1.82, 2.24) is 24.9 Å². The van der Waals surface area contributed by atoms with Gasteiger partial charge in [0.15, 0.2) is 0 Å². The van der Waals surface area contributed by atoms with Crippen molar-refractivity contribution in [1.29, 1.82) is 0 Å². The average molecular weight is 436 g/mol. The molecule has 2 aromatic carbocycles. The van der Waals surface area contributed by atoms with Gasteiger partial charge in [-0.1, -0.05) is 29.8 Å². The Balaban J connectivity index is 1.55. The zero-order valence-electron chi connectivity index (χ0n) is 17.7. The first-order valence-electron chi connectivity index (χ1n) is 10.3. The Morgan fingerprint density at radius 2 is 1.90 bits per heavy atom. The van der Waals surface area contributed by atoms with Gasteiger partial charge in [-0.25, -0.2) is 4.68 Å². The lowest BCUT2D eigenvalue weighted by molar-refractivity contribution is 0.414. The molecule has 6 nitrogen and oxygen atoms in total. The van der Waals surface area contributed by atoms with E-state index in [9.17, 15) is 0 Å². The highest BCUT2D eigenvalue weighted by atomic mass is 35.5. The molecule has 0 fully saturated rings. The molecular formula is C24H26ClN5O. The van der Waals surface area contributed by atoms with Crippen LogP contribution in [0.5, 0.6) is 5.75 Å². The SMILES string of the molecule is COc1ccc(-n2cc(CNC(C)CCn3cccn3)c(-c3ccccc3Cl)n2)cc1. The molecule has 0 radical (unpaired) electrons. The summed E-state index contributed by atoms with van der Waals surface area (Å²) in [5, 5.41) is 13.4. The number of hydrogen-bond acceptors (Lipinski definition) is 4. The van der Waals surface area contributed by atoms with Gasteiger partial charge >= 0.3 is 0 Å². The Morgan fingerprint density at radius 3 is 2.61 bits per heavy atom. The molecule has 0 saturated heterocycles. The second-order valence-corrected chi connectivity index (χ2v) is 7.87. The average Bonchev–Trinajstić information content (AvgIpc) is 3.47. The van der Waals surface area contributed by atoms with Crippen molar-refractivity contribution in [2.45, 2.75) is 32.5 Å². The first-order valence-corrected chi connectivity index (χ1v) is 10.7. The Hall–Kier alpha value is -3.09. The van der Waals surface area contributed by atoms with Crippen LogP contribution in [0.4, 0.5) is 0 Å². The molecule has 31 heavy (non-hydrogen) atoms. The largest absolute Gasteiger partial charge is 0.497 e. The summed E-state index contributed by atoms with van der Waals surface area (Å²) in [6, 6.07) is 17.9. The summed E-state index contributed by atoms with van der Waals surface area (Å²) in [6.07, 6.45) is 6.84. The standard InChI is InChI=1S/C24H26ClN5O/c1-18(12-15-29-14-5-13-27-29)26-16-19-17-30(20-8-10-21(31-2)11-9-20)28-24(19)22-6-3-4-7-23(22)25/h3-11,13-14,17-18,26H,12,15-16H2,1-2H3. The van der Waals surface area contributed by atoms with E-state index >= 15 is 0 Å². The molecule has 1 N–H and O–H groups in total. The fourth-order valence-electron chi connectivity index (χ4n) is 3.43. The van der Waals surface area contributed by atoms with Crippen LogP contribution < -0.4 is 10.1 Å². The minimum atomic E-state index is 0.327. The van der Waals surface area contributed by atoms with Gasteiger partial charge < -0.3 is 10.1 Å². The van der Waals surface area contributed by atoms with Crippen molar-refractivity contribution in [3.8, 4) is 22.7 Å². The van der Waals surface area contributed by atoms with E-state index in [1.807, 2.05) is 76.4 Å². The van der Waals surface area contributed by atoms with E-state index < -0.39 is 0 Å². The number of aryl methyl sites for hydroxylation is 1. The molecule has 160 valence electrons. The maximum absolute atomic E-state index is 6.50. The van der Waals surface area contributed by atoms with Gasteiger partial charge in [-0.3, -0.25) is 4.68 Å². The van der Waals surface area contributed by atoms with Crippen LogP contribution in [0.2, 0.25) is 5.02 Å². The van der Waals surface area contributed by atoms with Crippen LogP contribution in [0.3, 0.4) is 0 Å². The van der Waals surface area contributed by atoms with Crippen molar-refractivity contribution < 1.29 is 4.74 Å². The lowest BCUT2D eigenvalue weighted by Crippen LogP contribution is -2.27. The molecule has 0 bridgehead atoms. The van der Waals surface area contributed by atoms with E-state index in [4.69, 9.17) is 21.4 Å². The summed E-state index contributed by atoms with van der Waals surface area (Å²) in [4.78, 5) is 0. The van der Waals surface area contributed by atoms with Gasteiger partial charge in [0, 0.05) is 48.8 Å². The molecule has 0 spiro atoms. The summed E-state index contributed by atoms with van der Waals surface area (Å²) in [5.41, 5.74) is 3.87. The van der Waals surface area contributed by atoms with E-state index in [-0.39, 0.29) is 0 Å². The minimum Gasteiger partial charge on any atom is -0.497 e. The lowest BCUT2D eigenvalue weighted by Gasteiger charge is -2.14. The first kappa shape index (κ1) is 21.2. The van der Waals surface area contributed by atoms with Crippen molar-refractivity contribution in [2.24, 2.45) is 0 Å². The van der Waals surface area contributed by atoms with Crippen LogP contribution in [-0.4, -0.2) is 32.7 Å². The molecule has 0 saturated carbocycles. The Labute approximate surface area is 187 Å². The van der Waals surface area contributed by atoms with Gasteiger partial charge in [-0.2, -0.15) is 10.2 Å². The highest BCUT2D eigenvalue weighted by molar-refractivity contribution is 6.33. The van der Waals surface area contributed by atoms with Crippen LogP contribution in [-0.2, 0) is 13.1 Å². The Bertz CT molecular complexity index is 1110. The molecule has 0 aliphatic heterocycles. The van der Waals surface area contributed by atoms with Crippen LogP contribution in [0.1, 0.15) is 18.9 Å². The van der Waals surface area contributed by atoms with E-state index in [1.54, 1.807) is 7.11 Å². The van der Waals surface area contributed by atoms with Gasteiger partial charge in [0.2, 0.25) is 0 Å². The second-order valence-electron chi connectivity index (χ2n) is 7.47. The number of nitrogens with one attached hydrogen (secondary N) is 1. The normalized spacial score (nSPS) is 12.1. The van der Waals surface area contributed by atoms with Crippen molar-refractivity contribution in [3.05, 3.63) is 83.8 Å². The number of rotatable bonds is 9. The third-order valence-electron chi connectivity index (χ3n) is 5.25. The van der Waals surface area contributed by atoms with Crippen molar-refractivity contribution in [2.75, 3.05) is 7.11 Å². The molecule has 4 rings (SSSR count). The van der Waals surface area contributed by atoms with Gasteiger partial charge in [0.25, 0.3) is 0 Å². The molecule has 7 heteroatoms. The van der Waals surface area contributed by atoms with Crippen molar-refractivity contribution in [3.63, 3.8) is 0 Å². The number of aromatic nitrogens is 4. The molecule has 2 aromatic heterocycles. The zero-order valence-corrected chi connectivity index (χ0v) is 18.5. The smallest absolute Gasteiger partial charge is 0.119 e. The highest BCUT2D eigenvalue weighted by Crippen LogP contribution is 2.30. The number of methoxy groups -OCH3 is 1. The van der Waals surface area contributed by atoms with Crippen LogP contribution in [0.25, 0.3) is 16.9 Å². The van der Waals surface area contributed by atoms with Gasteiger partial charge in [0.05, 0.1) is 23.5 Å². The van der Waals surface area contributed by atoms with Gasteiger partial charge in [-0.15, -0.1) is 0 Å². The quantitative estimate of drug-likeness (QED) is 0.403. The lowest BCUT2D eigenvalue weighted by atomic mass is 10.1. The molecular weight excluding hydrogens is 410 g/mol.